The van der Waals surface area contributed by atoms with Crippen LogP contribution in [0.5, 0.6) is 0 Å². The van der Waals surface area contributed by atoms with Crippen LogP contribution in [0.1, 0.15) is 67.2 Å². The van der Waals surface area contributed by atoms with Crippen LogP contribution in [0.2, 0.25) is 18.1 Å². The molecule has 0 spiro atoms. The van der Waals surface area contributed by atoms with Crippen molar-refractivity contribution in [3.05, 3.63) is 0 Å². The molecule has 0 aromatic heterocycles. The van der Waals surface area contributed by atoms with Crippen molar-refractivity contribution in [3.63, 3.8) is 0 Å². The SMILES string of the molecule is CC(C)(C)OC(=O)N1C2CCC1(CC=O)CC2O[Si](C)(C)C(C)(C)C. The van der Waals surface area contributed by atoms with E-state index in [9.17, 15) is 9.59 Å². The highest BCUT2D eigenvalue weighted by atomic mass is 28.4. The van der Waals surface area contributed by atoms with E-state index in [1.165, 1.54) is 0 Å². The van der Waals surface area contributed by atoms with Crippen molar-refractivity contribution in [1.82, 2.24) is 4.90 Å². The maximum Gasteiger partial charge on any atom is 0.411 e. The molecule has 2 aliphatic heterocycles. The first kappa shape index (κ1) is 20.4. The van der Waals surface area contributed by atoms with E-state index in [1.54, 1.807) is 0 Å². The maximum atomic E-state index is 12.9. The Kier molecular flexibility index (Phi) is 5.21. The molecule has 3 atom stereocenters. The van der Waals surface area contributed by atoms with Crippen molar-refractivity contribution < 1.29 is 18.8 Å². The highest BCUT2D eigenvalue weighted by molar-refractivity contribution is 6.74. The quantitative estimate of drug-likeness (QED) is 0.540. The molecule has 0 saturated carbocycles. The van der Waals surface area contributed by atoms with Crippen LogP contribution < -0.4 is 0 Å². The van der Waals surface area contributed by atoms with Crippen LogP contribution in [-0.2, 0) is 14.0 Å². The van der Waals surface area contributed by atoms with Crippen molar-refractivity contribution in [1.29, 1.82) is 0 Å². The van der Waals surface area contributed by atoms with Crippen LogP contribution in [0, 0.1) is 0 Å². The predicted molar refractivity (Wildman–Crippen MR) is 101 cm³/mol. The zero-order chi connectivity index (χ0) is 19.3. The summed E-state index contributed by atoms with van der Waals surface area (Å²) in [6.07, 6.45) is 3.47. The summed E-state index contributed by atoms with van der Waals surface area (Å²) < 4.78 is 12.3. The third-order valence-electron chi connectivity index (χ3n) is 6.06. The first-order valence-corrected chi connectivity index (χ1v) is 12.3. The number of carbonyl (C=O) groups excluding carboxylic acids is 2. The standard InChI is InChI=1S/C19H35NO4Si/c1-17(2,3)23-16(22)20-14-9-10-19(20,11-12-21)13-15(14)24-25(7,8)18(4,5)6/h12,14-15H,9-11,13H2,1-8H3. The minimum atomic E-state index is -1.94. The molecule has 25 heavy (non-hydrogen) atoms. The van der Waals surface area contributed by atoms with Gasteiger partial charge in [-0.2, -0.15) is 0 Å². The van der Waals surface area contributed by atoms with Crippen LogP contribution in [0.3, 0.4) is 0 Å². The highest BCUT2D eigenvalue weighted by Crippen LogP contribution is 2.51. The summed E-state index contributed by atoms with van der Waals surface area (Å²) in [5.74, 6) is 0. The van der Waals surface area contributed by atoms with E-state index in [0.29, 0.717) is 6.42 Å². The number of hydrogen-bond acceptors (Lipinski definition) is 4. The molecule has 6 heteroatoms. The van der Waals surface area contributed by atoms with Gasteiger partial charge in [-0.3, -0.25) is 4.90 Å². The van der Waals surface area contributed by atoms with Crippen LogP contribution in [0.25, 0.3) is 0 Å². The second kappa shape index (κ2) is 6.37. The Balaban J connectivity index is 2.26. The number of hydrogen-bond donors (Lipinski definition) is 0. The zero-order valence-electron chi connectivity index (χ0n) is 17.1. The second-order valence-electron chi connectivity index (χ2n) is 10.2. The maximum absolute atomic E-state index is 12.9. The molecule has 2 bridgehead atoms. The Morgan fingerprint density at radius 1 is 1.24 bits per heavy atom. The molecule has 1 amide bonds. The number of rotatable bonds is 4. The predicted octanol–water partition coefficient (Wildman–Crippen LogP) is 4.51. The molecule has 2 aliphatic rings. The summed E-state index contributed by atoms with van der Waals surface area (Å²) in [7, 11) is -1.94. The first-order valence-electron chi connectivity index (χ1n) is 9.36. The van der Waals surface area contributed by atoms with Gasteiger partial charge in [0.25, 0.3) is 0 Å². The van der Waals surface area contributed by atoms with Crippen molar-refractivity contribution in [2.75, 3.05) is 0 Å². The van der Waals surface area contributed by atoms with Crippen LogP contribution in [-0.4, -0.2) is 48.9 Å². The topological polar surface area (TPSA) is 55.8 Å². The summed E-state index contributed by atoms with van der Waals surface area (Å²) in [5.41, 5.74) is -0.973. The highest BCUT2D eigenvalue weighted by Gasteiger charge is 2.61. The van der Waals surface area contributed by atoms with E-state index in [2.05, 4.69) is 33.9 Å². The molecule has 3 unspecified atom stereocenters. The molecule has 144 valence electrons. The van der Waals surface area contributed by atoms with Gasteiger partial charge >= 0.3 is 6.09 Å². The molecule has 0 aliphatic carbocycles. The van der Waals surface area contributed by atoms with Crippen LogP contribution in [0.15, 0.2) is 0 Å². The summed E-state index contributed by atoms with van der Waals surface area (Å²) in [6, 6.07) is 0.0175. The van der Waals surface area contributed by atoms with Gasteiger partial charge in [0.05, 0.1) is 17.7 Å². The lowest BCUT2D eigenvalue weighted by Gasteiger charge is -2.40. The van der Waals surface area contributed by atoms with Crippen molar-refractivity contribution in [2.24, 2.45) is 0 Å². The van der Waals surface area contributed by atoms with Gasteiger partial charge < -0.3 is 14.0 Å². The Labute approximate surface area is 153 Å². The molecule has 0 aromatic carbocycles. The fraction of sp³-hybridized carbons (Fsp3) is 0.895. The van der Waals surface area contributed by atoms with E-state index in [4.69, 9.17) is 9.16 Å². The van der Waals surface area contributed by atoms with E-state index in [-0.39, 0.29) is 23.3 Å². The molecule has 2 fully saturated rings. The molecular weight excluding hydrogens is 334 g/mol. The molecular formula is C19H35NO4Si. The molecule has 0 N–H and O–H groups in total. The van der Waals surface area contributed by atoms with Crippen LogP contribution in [0.4, 0.5) is 4.79 Å². The molecule has 2 rings (SSSR count). The number of aldehydes is 1. The van der Waals surface area contributed by atoms with E-state index < -0.39 is 19.5 Å². The van der Waals surface area contributed by atoms with Gasteiger partial charge in [-0.1, -0.05) is 20.8 Å². The van der Waals surface area contributed by atoms with Gasteiger partial charge in [-0.05, 0) is 58.2 Å². The van der Waals surface area contributed by atoms with Gasteiger partial charge in [0.15, 0.2) is 8.32 Å². The van der Waals surface area contributed by atoms with Crippen molar-refractivity contribution >= 4 is 20.7 Å². The van der Waals surface area contributed by atoms with Gasteiger partial charge in [-0.15, -0.1) is 0 Å². The third-order valence-corrected chi connectivity index (χ3v) is 10.6. The second-order valence-corrected chi connectivity index (χ2v) is 14.9. The lowest BCUT2D eigenvalue weighted by molar-refractivity contribution is -0.109. The summed E-state index contributed by atoms with van der Waals surface area (Å²) in [6.45, 7) is 16.8. The summed E-state index contributed by atoms with van der Waals surface area (Å²) >= 11 is 0. The van der Waals surface area contributed by atoms with Crippen molar-refractivity contribution in [2.45, 2.75) is 109 Å². The summed E-state index contributed by atoms with van der Waals surface area (Å²) in [5, 5.41) is 0.114. The zero-order valence-corrected chi connectivity index (χ0v) is 18.1. The van der Waals surface area contributed by atoms with E-state index in [0.717, 1.165) is 25.5 Å². The average Bonchev–Trinajstić information content (AvgIpc) is 2.87. The minimum Gasteiger partial charge on any atom is -0.444 e. The third kappa shape index (κ3) is 3.95. The number of carbonyl (C=O) groups is 2. The van der Waals surface area contributed by atoms with Gasteiger partial charge in [0.1, 0.15) is 11.9 Å². The van der Waals surface area contributed by atoms with Crippen LogP contribution >= 0.6 is 0 Å². The minimum absolute atomic E-state index is 0.00195. The Morgan fingerprint density at radius 3 is 2.32 bits per heavy atom. The smallest absolute Gasteiger partial charge is 0.411 e. The molecule has 0 radical (unpaired) electrons. The lowest BCUT2D eigenvalue weighted by atomic mass is 9.84. The van der Waals surface area contributed by atoms with Crippen molar-refractivity contribution in [3.8, 4) is 0 Å². The fourth-order valence-electron chi connectivity index (χ4n) is 3.84. The normalized spacial score (nSPS) is 29.8. The Morgan fingerprint density at radius 2 is 1.84 bits per heavy atom. The number of nitrogens with zero attached hydrogens (tertiary/aromatic N) is 1. The largest absolute Gasteiger partial charge is 0.444 e. The average molecular weight is 370 g/mol. The first-order chi connectivity index (χ1) is 11.2. The van der Waals surface area contributed by atoms with Gasteiger partial charge in [-0.25, -0.2) is 4.79 Å². The lowest BCUT2D eigenvalue weighted by Crippen LogP contribution is -2.49. The monoisotopic (exact) mass is 369 g/mol. The van der Waals surface area contributed by atoms with Gasteiger partial charge in [0, 0.05) is 6.42 Å². The van der Waals surface area contributed by atoms with Gasteiger partial charge in [0.2, 0.25) is 0 Å². The molecule has 2 heterocycles. The Hall–Kier alpha value is -0.883. The molecule has 2 saturated heterocycles. The molecule has 5 nitrogen and oxygen atoms in total. The summed E-state index contributed by atoms with van der Waals surface area (Å²) in [4.78, 5) is 26.0. The fourth-order valence-corrected chi connectivity index (χ4v) is 5.19. The Bertz CT molecular complexity index is 535. The number of fused-ring (bicyclic) bond motifs is 2. The molecule has 0 aromatic rings. The van der Waals surface area contributed by atoms with E-state index >= 15 is 0 Å². The van der Waals surface area contributed by atoms with E-state index in [1.807, 2.05) is 25.7 Å². The number of ether oxygens (including phenoxy) is 1. The number of amides is 1.